The highest BCUT2D eigenvalue weighted by atomic mass is 16.5. The predicted molar refractivity (Wildman–Crippen MR) is 92.2 cm³/mol. The average molecular weight is 352 g/mol. The number of carbonyl (C=O) groups excluding carboxylic acids is 1. The van der Waals surface area contributed by atoms with Gasteiger partial charge in [0.25, 0.3) is 5.91 Å². The van der Waals surface area contributed by atoms with E-state index in [1.54, 1.807) is 30.6 Å². The van der Waals surface area contributed by atoms with Crippen LogP contribution >= 0.6 is 0 Å². The molecule has 1 aliphatic rings. The van der Waals surface area contributed by atoms with E-state index in [-0.39, 0.29) is 5.91 Å². The molecule has 10 heteroatoms. The molecule has 0 radical (unpaired) electrons. The van der Waals surface area contributed by atoms with E-state index in [1.807, 2.05) is 11.0 Å². The van der Waals surface area contributed by atoms with Crippen molar-refractivity contribution in [3.8, 4) is 5.69 Å². The smallest absolute Gasteiger partial charge is 0.255 e. The van der Waals surface area contributed by atoms with E-state index in [1.165, 1.54) is 11.0 Å². The molecule has 1 amide bonds. The lowest BCUT2D eigenvalue weighted by atomic mass is 10.2. The number of ether oxygens (including phenoxy) is 1. The first-order valence-electron chi connectivity index (χ1n) is 8.09. The van der Waals surface area contributed by atoms with Crippen LogP contribution in [0.15, 0.2) is 43.0 Å². The minimum Gasteiger partial charge on any atom is -0.378 e. The van der Waals surface area contributed by atoms with E-state index >= 15 is 0 Å². The summed E-state index contributed by atoms with van der Waals surface area (Å²) < 4.78 is 6.80. The Bertz CT molecular complexity index is 876. The number of nitrogens with zero attached hydrogens (tertiary/aromatic N) is 7. The topological polar surface area (TPSA) is 111 Å². The van der Waals surface area contributed by atoms with Gasteiger partial charge in [-0.2, -0.15) is 0 Å². The molecule has 1 N–H and O–H groups in total. The maximum Gasteiger partial charge on any atom is 0.255 e. The van der Waals surface area contributed by atoms with Gasteiger partial charge in [0, 0.05) is 18.7 Å². The third-order valence-corrected chi connectivity index (χ3v) is 3.91. The van der Waals surface area contributed by atoms with Crippen molar-refractivity contribution in [2.24, 2.45) is 0 Å². The number of aromatic nitrogens is 6. The molecule has 26 heavy (non-hydrogen) atoms. The second-order valence-corrected chi connectivity index (χ2v) is 5.63. The van der Waals surface area contributed by atoms with E-state index in [9.17, 15) is 4.79 Å². The SMILES string of the molecule is O=C(Nc1cnc(N2CCOCC2)nc1)c1cccc(-n2cnnn2)c1. The summed E-state index contributed by atoms with van der Waals surface area (Å²) in [4.78, 5) is 23.2. The summed E-state index contributed by atoms with van der Waals surface area (Å²) in [6, 6.07) is 7.00. The Morgan fingerprint density at radius 3 is 2.69 bits per heavy atom. The lowest BCUT2D eigenvalue weighted by Gasteiger charge is -2.26. The number of hydrogen-bond acceptors (Lipinski definition) is 8. The summed E-state index contributed by atoms with van der Waals surface area (Å²) >= 11 is 0. The Kier molecular flexibility index (Phi) is 4.48. The predicted octanol–water partition coefficient (Wildman–Crippen LogP) is 0.541. The van der Waals surface area contributed by atoms with Gasteiger partial charge in [-0.05, 0) is 28.6 Å². The van der Waals surface area contributed by atoms with Crippen molar-refractivity contribution < 1.29 is 9.53 Å². The first-order chi connectivity index (χ1) is 12.8. The summed E-state index contributed by atoms with van der Waals surface area (Å²) in [6.45, 7) is 2.85. The molecular weight excluding hydrogens is 336 g/mol. The van der Waals surface area contributed by atoms with Crippen molar-refractivity contribution in [3.05, 3.63) is 48.5 Å². The molecule has 0 unspecified atom stereocenters. The highest BCUT2D eigenvalue weighted by Crippen LogP contribution is 2.14. The maximum atomic E-state index is 12.5. The van der Waals surface area contributed by atoms with Crippen LogP contribution in [0.3, 0.4) is 0 Å². The highest BCUT2D eigenvalue weighted by molar-refractivity contribution is 6.04. The third-order valence-electron chi connectivity index (χ3n) is 3.91. The van der Waals surface area contributed by atoms with E-state index in [0.717, 1.165) is 13.1 Å². The summed E-state index contributed by atoms with van der Waals surface area (Å²) in [5, 5.41) is 13.8. The molecule has 0 atom stereocenters. The molecular formula is C16H16N8O2. The van der Waals surface area contributed by atoms with Gasteiger partial charge in [-0.25, -0.2) is 14.6 Å². The minimum absolute atomic E-state index is 0.261. The van der Waals surface area contributed by atoms with Crippen LogP contribution in [0.5, 0.6) is 0 Å². The number of nitrogens with one attached hydrogen (secondary N) is 1. The fraction of sp³-hybridized carbons (Fsp3) is 0.250. The van der Waals surface area contributed by atoms with Crippen LogP contribution in [0.4, 0.5) is 11.6 Å². The van der Waals surface area contributed by atoms with Gasteiger partial charge >= 0.3 is 0 Å². The summed E-state index contributed by atoms with van der Waals surface area (Å²) in [5.74, 6) is 0.370. The van der Waals surface area contributed by atoms with Gasteiger partial charge in [-0.1, -0.05) is 6.07 Å². The Balaban J connectivity index is 1.45. The Labute approximate surface area is 148 Å². The number of tetrazole rings is 1. The van der Waals surface area contributed by atoms with Gasteiger partial charge in [0.2, 0.25) is 5.95 Å². The molecule has 132 valence electrons. The number of hydrogen-bond donors (Lipinski definition) is 1. The molecule has 4 rings (SSSR count). The van der Waals surface area contributed by atoms with Gasteiger partial charge in [-0.15, -0.1) is 5.10 Å². The Morgan fingerprint density at radius 2 is 1.96 bits per heavy atom. The first kappa shape index (κ1) is 16.1. The van der Waals surface area contributed by atoms with Crippen LogP contribution in [0.1, 0.15) is 10.4 Å². The zero-order valence-electron chi connectivity index (χ0n) is 13.8. The first-order valence-corrected chi connectivity index (χ1v) is 8.09. The molecule has 1 saturated heterocycles. The molecule has 1 aliphatic heterocycles. The normalized spacial score (nSPS) is 14.2. The van der Waals surface area contributed by atoms with Crippen molar-refractivity contribution in [2.75, 3.05) is 36.5 Å². The Morgan fingerprint density at radius 1 is 1.15 bits per heavy atom. The van der Waals surface area contributed by atoms with Gasteiger partial charge in [0.05, 0.1) is 37.0 Å². The van der Waals surface area contributed by atoms with E-state index < -0.39 is 0 Å². The fourth-order valence-corrected chi connectivity index (χ4v) is 2.58. The molecule has 0 bridgehead atoms. The number of morpholine rings is 1. The van der Waals surface area contributed by atoms with Gasteiger partial charge in [0.1, 0.15) is 6.33 Å². The molecule has 0 saturated carbocycles. The second kappa shape index (κ2) is 7.23. The molecule has 3 aromatic rings. The molecule has 3 heterocycles. The van der Waals surface area contributed by atoms with Crippen molar-refractivity contribution in [1.82, 2.24) is 30.2 Å². The van der Waals surface area contributed by atoms with Crippen LogP contribution in [-0.4, -0.2) is 62.4 Å². The molecule has 2 aromatic heterocycles. The lowest BCUT2D eigenvalue weighted by molar-refractivity contribution is 0.102. The van der Waals surface area contributed by atoms with E-state index in [4.69, 9.17) is 4.74 Å². The van der Waals surface area contributed by atoms with Crippen LogP contribution in [0.2, 0.25) is 0 Å². The monoisotopic (exact) mass is 352 g/mol. The molecule has 1 fully saturated rings. The van der Waals surface area contributed by atoms with Crippen molar-refractivity contribution in [3.63, 3.8) is 0 Å². The van der Waals surface area contributed by atoms with Crippen LogP contribution in [0, 0.1) is 0 Å². The van der Waals surface area contributed by atoms with E-state index in [0.29, 0.717) is 36.1 Å². The highest BCUT2D eigenvalue weighted by Gasteiger charge is 2.14. The van der Waals surface area contributed by atoms with Crippen LogP contribution < -0.4 is 10.2 Å². The number of rotatable bonds is 4. The lowest BCUT2D eigenvalue weighted by Crippen LogP contribution is -2.37. The van der Waals surface area contributed by atoms with Crippen LogP contribution in [0.25, 0.3) is 5.69 Å². The molecule has 0 aliphatic carbocycles. The minimum atomic E-state index is -0.261. The zero-order chi connectivity index (χ0) is 17.8. The standard InChI is InChI=1S/C16H16N8O2/c25-15(12-2-1-3-14(8-12)24-11-19-21-22-24)20-13-9-17-16(18-10-13)23-4-6-26-7-5-23/h1-3,8-11H,4-7H2,(H,20,25). The summed E-state index contributed by atoms with van der Waals surface area (Å²) in [6.07, 6.45) is 4.66. The van der Waals surface area contributed by atoms with Crippen molar-refractivity contribution in [1.29, 1.82) is 0 Å². The zero-order valence-corrected chi connectivity index (χ0v) is 13.8. The Hall–Kier alpha value is -3.40. The maximum absolute atomic E-state index is 12.5. The third kappa shape index (κ3) is 3.49. The van der Waals surface area contributed by atoms with Gasteiger partial charge < -0.3 is 15.0 Å². The average Bonchev–Trinajstić information content (AvgIpc) is 3.24. The van der Waals surface area contributed by atoms with Crippen molar-refractivity contribution >= 4 is 17.5 Å². The largest absolute Gasteiger partial charge is 0.378 e. The summed E-state index contributed by atoms with van der Waals surface area (Å²) in [5.41, 5.74) is 1.71. The van der Waals surface area contributed by atoms with Crippen molar-refractivity contribution in [2.45, 2.75) is 0 Å². The number of anilines is 2. The molecule has 1 aromatic carbocycles. The second-order valence-electron chi connectivity index (χ2n) is 5.63. The number of carbonyl (C=O) groups is 1. The summed E-state index contributed by atoms with van der Waals surface area (Å²) in [7, 11) is 0. The quantitative estimate of drug-likeness (QED) is 0.724. The van der Waals surface area contributed by atoms with Gasteiger partial charge in [-0.3, -0.25) is 4.79 Å². The number of amides is 1. The molecule has 10 nitrogen and oxygen atoms in total. The van der Waals surface area contributed by atoms with Crippen LogP contribution in [-0.2, 0) is 4.74 Å². The number of benzene rings is 1. The fourth-order valence-electron chi connectivity index (χ4n) is 2.58. The molecule has 0 spiro atoms. The van der Waals surface area contributed by atoms with E-state index in [2.05, 4.69) is 30.8 Å². The van der Waals surface area contributed by atoms with Gasteiger partial charge in [0.15, 0.2) is 0 Å².